The van der Waals surface area contributed by atoms with E-state index in [9.17, 15) is 4.79 Å². The zero-order chi connectivity index (χ0) is 20.4. The topological polar surface area (TPSA) is 78.3 Å². The van der Waals surface area contributed by atoms with Gasteiger partial charge in [0, 0.05) is 53.9 Å². The molecule has 0 saturated heterocycles. The number of aryl methyl sites for hydroxylation is 1. The van der Waals surface area contributed by atoms with E-state index in [0.717, 1.165) is 27.2 Å². The molecule has 1 amide bonds. The standard InChI is InChI=1S/C21H20N4O3S/c1-25-11-16(15-5-4-8-22-19(15)25)21-24-17(12-29-21)20(26)23-10-13-6-7-14(27-2)9-18(13)28-3/h4-9,11-12H,10H2,1-3H3,(H,23,26). The summed E-state index contributed by atoms with van der Waals surface area (Å²) in [7, 11) is 5.14. The molecule has 0 aliphatic heterocycles. The first-order valence-corrected chi connectivity index (χ1v) is 9.83. The molecule has 0 saturated carbocycles. The summed E-state index contributed by atoms with van der Waals surface area (Å²) < 4.78 is 12.5. The normalized spacial score (nSPS) is 10.9. The van der Waals surface area contributed by atoms with Crippen molar-refractivity contribution in [1.82, 2.24) is 19.9 Å². The fourth-order valence-corrected chi connectivity index (χ4v) is 3.97. The third-order valence-corrected chi connectivity index (χ3v) is 5.51. The molecule has 1 N–H and O–H groups in total. The summed E-state index contributed by atoms with van der Waals surface area (Å²) in [4.78, 5) is 21.5. The molecule has 0 aliphatic carbocycles. The number of pyridine rings is 1. The second-order valence-electron chi connectivity index (χ2n) is 6.43. The van der Waals surface area contributed by atoms with Crippen LogP contribution in [0, 0.1) is 0 Å². The van der Waals surface area contributed by atoms with E-state index < -0.39 is 0 Å². The minimum atomic E-state index is -0.233. The number of hydrogen-bond acceptors (Lipinski definition) is 6. The molecule has 4 aromatic rings. The van der Waals surface area contributed by atoms with Crippen LogP contribution in [-0.4, -0.2) is 34.7 Å². The van der Waals surface area contributed by atoms with E-state index in [2.05, 4.69) is 15.3 Å². The minimum absolute atomic E-state index is 0.233. The Kier molecular flexibility index (Phi) is 5.18. The lowest BCUT2D eigenvalue weighted by molar-refractivity contribution is 0.0946. The van der Waals surface area contributed by atoms with E-state index in [1.165, 1.54) is 11.3 Å². The zero-order valence-corrected chi connectivity index (χ0v) is 17.1. The smallest absolute Gasteiger partial charge is 0.271 e. The van der Waals surface area contributed by atoms with Crippen LogP contribution in [0.3, 0.4) is 0 Å². The maximum Gasteiger partial charge on any atom is 0.271 e. The van der Waals surface area contributed by atoms with Crippen LogP contribution < -0.4 is 14.8 Å². The lowest BCUT2D eigenvalue weighted by atomic mass is 10.2. The monoisotopic (exact) mass is 408 g/mol. The molecule has 0 fully saturated rings. The summed E-state index contributed by atoms with van der Waals surface area (Å²) in [5.41, 5.74) is 3.10. The molecule has 29 heavy (non-hydrogen) atoms. The summed E-state index contributed by atoms with van der Waals surface area (Å²) in [5, 5.41) is 6.47. The van der Waals surface area contributed by atoms with Crippen molar-refractivity contribution in [2.75, 3.05) is 14.2 Å². The van der Waals surface area contributed by atoms with Gasteiger partial charge in [0.25, 0.3) is 5.91 Å². The fourth-order valence-electron chi connectivity index (χ4n) is 3.15. The number of fused-ring (bicyclic) bond motifs is 1. The molecule has 7 nitrogen and oxygen atoms in total. The summed E-state index contributed by atoms with van der Waals surface area (Å²) in [6.07, 6.45) is 3.75. The highest BCUT2D eigenvalue weighted by atomic mass is 32.1. The Balaban J connectivity index is 1.52. The quantitative estimate of drug-likeness (QED) is 0.527. The van der Waals surface area contributed by atoms with Crippen LogP contribution in [0.2, 0.25) is 0 Å². The van der Waals surface area contributed by atoms with Crippen molar-refractivity contribution in [3.8, 4) is 22.1 Å². The maximum atomic E-state index is 12.6. The SMILES string of the molecule is COc1ccc(CNC(=O)c2csc(-c3cn(C)c4ncccc34)n2)c(OC)c1. The van der Waals surface area contributed by atoms with Crippen molar-refractivity contribution < 1.29 is 14.3 Å². The predicted molar refractivity (Wildman–Crippen MR) is 113 cm³/mol. The average molecular weight is 408 g/mol. The Morgan fingerprint density at radius 1 is 1.24 bits per heavy atom. The van der Waals surface area contributed by atoms with Gasteiger partial charge in [0.1, 0.15) is 27.8 Å². The largest absolute Gasteiger partial charge is 0.497 e. The van der Waals surface area contributed by atoms with Crippen molar-refractivity contribution in [1.29, 1.82) is 0 Å². The highest BCUT2D eigenvalue weighted by Crippen LogP contribution is 2.31. The third-order valence-electron chi connectivity index (χ3n) is 4.63. The van der Waals surface area contributed by atoms with Gasteiger partial charge in [-0.15, -0.1) is 11.3 Å². The summed E-state index contributed by atoms with van der Waals surface area (Å²) >= 11 is 1.44. The highest BCUT2D eigenvalue weighted by Gasteiger charge is 2.16. The van der Waals surface area contributed by atoms with Crippen LogP contribution in [0.5, 0.6) is 11.5 Å². The number of benzene rings is 1. The lowest BCUT2D eigenvalue weighted by Crippen LogP contribution is -2.23. The van der Waals surface area contributed by atoms with Crippen LogP contribution >= 0.6 is 11.3 Å². The molecule has 3 aromatic heterocycles. The molecule has 0 unspecified atom stereocenters. The molecule has 1 aromatic carbocycles. The van der Waals surface area contributed by atoms with Crippen molar-refractivity contribution in [3.63, 3.8) is 0 Å². The van der Waals surface area contributed by atoms with Gasteiger partial charge in [-0.1, -0.05) is 0 Å². The number of amides is 1. The van der Waals surface area contributed by atoms with Crippen LogP contribution in [0.4, 0.5) is 0 Å². The second-order valence-corrected chi connectivity index (χ2v) is 7.28. The van der Waals surface area contributed by atoms with E-state index in [1.54, 1.807) is 31.9 Å². The Labute approximate surface area is 171 Å². The number of ether oxygens (including phenoxy) is 2. The number of carbonyl (C=O) groups excluding carboxylic acids is 1. The van der Waals surface area contributed by atoms with Gasteiger partial charge in [-0.05, 0) is 24.3 Å². The number of thiazole rings is 1. The first kappa shape index (κ1) is 18.9. The number of methoxy groups -OCH3 is 2. The van der Waals surface area contributed by atoms with E-state index in [0.29, 0.717) is 23.7 Å². The molecule has 0 bridgehead atoms. The van der Waals surface area contributed by atoms with Crippen molar-refractivity contribution in [2.45, 2.75) is 6.54 Å². The molecule has 4 rings (SSSR count). The van der Waals surface area contributed by atoms with E-state index in [-0.39, 0.29) is 5.91 Å². The molecule has 148 valence electrons. The van der Waals surface area contributed by atoms with Crippen LogP contribution in [0.25, 0.3) is 21.6 Å². The summed E-state index contributed by atoms with van der Waals surface area (Å²) in [5.74, 6) is 1.13. The molecule has 3 heterocycles. The predicted octanol–water partition coefficient (Wildman–Crippen LogP) is 3.64. The van der Waals surface area contributed by atoms with Crippen LogP contribution in [0.1, 0.15) is 16.1 Å². The fraction of sp³-hybridized carbons (Fsp3) is 0.190. The van der Waals surface area contributed by atoms with Gasteiger partial charge in [-0.2, -0.15) is 0 Å². The molecule has 0 aliphatic rings. The number of nitrogens with one attached hydrogen (secondary N) is 1. The Hall–Kier alpha value is -3.39. The molecule has 0 atom stereocenters. The zero-order valence-electron chi connectivity index (χ0n) is 16.3. The number of hydrogen-bond donors (Lipinski definition) is 1. The Bertz CT molecular complexity index is 1180. The van der Waals surface area contributed by atoms with Gasteiger partial charge in [0.2, 0.25) is 0 Å². The lowest BCUT2D eigenvalue weighted by Gasteiger charge is -2.10. The van der Waals surface area contributed by atoms with Crippen molar-refractivity contribution in [2.24, 2.45) is 7.05 Å². The molecule has 0 spiro atoms. The molecular weight excluding hydrogens is 388 g/mol. The van der Waals surface area contributed by atoms with Gasteiger partial charge in [0.05, 0.1) is 14.2 Å². The maximum absolute atomic E-state index is 12.6. The van der Waals surface area contributed by atoms with Crippen molar-refractivity contribution in [3.05, 3.63) is 59.4 Å². The first-order chi connectivity index (χ1) is 14.1. The van der Waals surface area contributed by atoms with Crippen LogP contribution in [0.15, 0.2) is 48.1 Å². The molecule has 8 heteroatoms. The third kappa shape index (κ3) is 3.66. The minimum Gasteiger partial charge on any atom is -0.497 e. The number of nitrogens with zero attached hydrogens (tertiary/aromatic N) is 3. The molecular formula is C21H20N4O3S. The number of rotatable bonds is 6. The van der Waals surface area contributed by atoms with E-state index >= 15 is 0 Å². The Morgan fingerprint density at radius 2 is 2.10 bits per heavy atom. The Morgan fingerprint density at radius 3 is 2.90 bits per heavy atom. The average Bonchev–Trinajstić information content (AvgIpc) is 3.37. The summed E-state index contributed by atoms with van der Waals surface area (Å²) in [6.45, 7) is 0.330. The van der Waals surface area contributed by atoms with Crippen molar-refractivity contribution >= 4 is 28.3 Å². The van der Waals surface area contributed by atoms with E-state index in [4.69, 9.17) is 9.47 Å². The highest BCUT2D eigenvalue weighted by molar-refractivity contribution is 7.13. The van der Waals surface area contributed by atoms with Gasteiger partial charge in [-0.3, -0.25) is 4.79 Å². The van der Waals surface area contributed by atoms with Gasteiger partial charge in [0.15, 0.2) is 0 Å². The van der Waals surface area contributed by atoms with Gasteiger partial charge < -0.3 is 19.4 Å². The second kappa shape index (κ2) is 7.92. The molecule has 0 radical (unpaired) electrons. The van der Waals surface area contributed by atoms with Gasteiger partial charge >= 0.3 is 0 Å². The summed E-state index contributed by atoms with van der Waals surface area (Å²) in [6, 6.07) is 9.40. The first-order valence-electron chi connectivity index (χ1n) is 8.95. The van der Waals surface area contributed by atoms with Gasteiger partial charge in [-0.25, -0.2) is 9.97 Å². The van der Waals surface area contributed by atoms with E-state index in [1.807, 2.05) is 42.1 Å². The number of carbonyl (C=O) groups is 1. The van der Waals surface area contributed by atoms with Crippen LogP contribution in [-0.2, 0) is 13.6 Å². The number of aromatic nitrogens is 3.